The number of nitrogens with one attached hydrogen (secondary N) is 1. The Labute approximate surface area is 193 Å². The van der Waals surface area contributed by atoms with Crippen LogP contribution in [-0.2, 0) is 12.8 Å². The van der Waals surface area contributed by atoms with E-state index < -0.39 is 0 Å². The fourth-order valence-electron chi connectivity index (χ4n) is 5.44. The van der Waals surface area contributed by atoms with Crippen molar-refractivity contribution in [3.8, 4) is 0 Å². The highest BCUT2D eigenvalue weighted by atomic mass is 19.1. The first-order valence-electron chi connectivity index (χ1n) is 11.7. The number of halogens is 2. The van der Waals surface area contributed by atoms with Crippen molar-refractivity contribution < 1.29 is 13.6 Å². The monoisotopic (exact) mass is 446 g/mol. The predicted octanol–water partition coefficient (Wildman–Crippen LogP) is 6.45. The number of piperidine rings is 1. The summed E-state index contributed by atoms with van der Waals surface area (Å²) in [6, 6.07) is 17.7. The fourth-order valence-corrected chi connectivity index (χ4v) is 5.44. The molecule has 1 aliphatic heterocycles. The maximum atomic E-state index is 14.1. The zero-order valence-corrected chi connectivity index (χ0v) is 18.8. The Morgan fingerprint density at radius 2 is 1.52 bits per heavy atom. The minimum Gasteiger partial charge on any atom is -0.324 e. The number of carbonyl (C=O) groups excluding carboxylic acids is 1. The van der Waals surface area contributed by atoms with Crippen LogP contribution in [0, 0.1) is 24.5 Å². The normalized spacial score (nSPS) is 18.3. The van der Waals surface area contributed by atoms with Crippen LogP contribution in [0.2, 0.25) is 0 Å². The molecule has 2 aliphatic rings. The predicted molar refractivity (Wildman–Crippen MR) is 127 cm³/mol. The Bertz CT molecular complexity index is 1120. The van der Waals surface area contributed by atoms with E-state index in [0.29, 0.717) is 25.9 Å². The number of hydrogen-bond donors (Lipinski definition) is 1. The van der Waals surface area contributed by atoms with Crippen LogP contribution in [0.3, 0.4) is 0 Å². The topological polar surface area (TPSA) is 32.3 Å². The van der Waals surface area contributed by atoms with Gasteiger partial charge < -0.3 is 10.2 Å². The largest absolute Gasteiger partial charge is 0.324 e. The lowest BCUT2D eigenvalue weighted by molar-refractivity contribution is 0.171. The Morgan fingerprint density at radius 3 is 2.12 bits per heavy atom. The molecule has 1 heterocycles. The highest BCUT2D eigenvalue weighted by Crippen LogP contribution is 2.42. The number of urea groups is 1. The summed E-state index contributed by atoms with van der Waals surface area (Å²) in [6.07, 6.45) is 3.23. The van der Waals surface area contributed by atoms with E-state index in [9.17, 15) is 13.6 Å². The second kappa shape index (κ2) is 8.97. The maximum Gasteiger partial charge on any atom is 0.321 e. The molecule has 1 unspecified atom stereocenters. The molecule has 0 radical (unpaired) electrons. The molecule has 0 spiro atoms. The van der Waals surface area contributed by atoms with Crippen molar-refractivity contribution in [3.63, 3.8) is 0 Å². The minimum atomic E-state index is -0.243. The molecule has 0 bridgehead atoms. The molecular weight excluding hydrogens is 418 g/mol. The Kier molecular flexibility index (Phi) is 5.88. The van der Waals surface area contributed by atoms with E-state index in [0.717, 1.165) is 46.3 Å². The van der Waals surface area contributed by atoms with Crippen molar-refractivity contribution in [2.75, 3.05) is 18.4 Å². The summed E-state index contributed by atoms with van der Waals surface area (Å²) < 4.78 is 28.1. The van der Waals surface area contributed by atoms with Crippen LogP contribution in [0.25, 0.3) is 0 Å². The van der Waals surface area contributed by atoms with E-state index in [1.54, 1.807) is 12.1 Å². The lowest BCUT2D eigenvalue weighted by Gasteiger charge is -2.38. The van der Waals surface area contributed by atoms with E-state index in [1.807, 2.05) is 48.2 Å². The van der Waals surface area contributed by atoms with Crippen LogP contribution < -0.4 is 5.32 Å². The first kappa shape index (κ1) is 21.6. The molecule has 1 atom stereocenters. The van der Waals surface area contributed by atoms with Gasteiger partial charge in [-0.1, -0.05) is 29.8 Å². The average Bonchev–Trinajstić information content (AvgIpc) is 2.97. The van der Waals surface area contributed by atoms with Gasteiger partial charge >= 0.3 is 6.03 Å². The second-order valence-electron chi connectivity index (χ2n) is 9.31. The molecule has 1 saturated heterocycles. The zero-order chi connectivity index (χ0) is 22.9. The molecule has 33 heavy (non-hydrogen) atoms. The number of likely N-dealkylation sites (tertiary alicyclic amines) is 1. The van der Waals surface area contributed by atoms with Gasteiger partial charge in [-0.25, -0.2) is 13.6 Å². The van der Waals surface area contributed by atoms with Gasteiger partial charge in [-0.15, -0.1) is 0 Å². The number of fused-ring (bicyclic) bond motifs is 2. The number of carbonyl (C=O) groups is 1. The number of rotatable bonds is 2. The fraction of sp³-hybridized carbons (Fsp3) is 0.321. The number of hydrogen-bond acceptors (Lipinski definition) is 1. The van der Waals surface area contributed by atoms with E-state index in [-0.39, 0.29) is 29.5 Å². The third-order valence-corrected chi connectivity index (χ3v) is 7.06. The third kappa shape index (κ3) is 4.50. The number of anilines is 1. The van der Waals surface area contributed by atoms with Gasteiger partial charge in [0, 0.05) is 24.7 Å². The molecule has 3 aromatic rings. The molecular formula is C28H28F2N2O. The van der Waals surface area contributed by atoms with Crippen LogP contribution in [0.15, 0.2) is 60.7 Å². The molecule has 1 N–H and O–H groups in total. The third-order valence-electron chi connectivity index (χ3n) is 7.06. The van der Waals surface area contributed by atoms with Gasteiger partial charge in [0.25, 0.3) is 0 Å². The number of nitrogens with zero attached hydrogens (tertiary/aromatic N) is 1. The Balaban J connectivity index is 1.45. The number of amides is 2. The lowest BCUT2D eigenvalue weighted by atomic mass is 9.75. The van der Waals surface area contributed by atoms with Crippen LogP contribution >= 0.6 is 0 Å². The van der Waals surface area contributed by atoms with Crippen LogP contribution in [0.1, 0.15) is 46.6 Å². The average molecular weight is 447 g/mol. The van der Waals surface area contributed by atoms with Crippen molar-refractivity contribution in [2.24, 2.45) is 5.92 Å². The van der Waals surface area contributed by atoms with Crippen molar-refractivity contribution >= 4 is 11.7 Å². The maximum absolute atomic E-state index is 14.1. The van der Waals surface area contributed by atoms with Gasteiger partial charge in [0.2, 0.25) is 0 Å². The highest BCUT2D eigenvalue weighted by Gasteiger charge is 2.35. The van der Waals surface area contributed by atoms with Gasteiger partial charge in [-0.2, -0.15) is 0 Å². The summed E-state index contributed by atoms with van der Waals surface area (Å²) in [5.41, 5.74) is 6.10. The quantitative estimate of drug-likeness (QED) is 0.482. The molecule has 3 nitrogen and oxygen atoms in total. The minimum absolute atomic E-state index is 0.00803. The zero-order valence-electron chi connectivity index (χ0n) is 18.8. The lowest BCUT2D eigenvalue weighted by Crippen LogP contribution is -2.44. The molecule has 1 fully saturated rings. The molecule has 3 aromatic carbocycles. The second-order valence-corrected chi connectivity index (χ2v) is 9.31. The van der Waals surface area contributed by atoms with Crippen molar-refractivity contribution in [1.82, 2.24) is 4.90 Å². The van der Waals surface area contributed by atoms with Crippen molar-refractivity contribution in [1.29, 1.82) is 0 Å². The van der Waals surface area contributed by atoms with Crippen molar-refractivity contribution in [2.45, 2.75) is 38.5 Å². The Hall–Kier alpha value is -3.21. The standard InChI is InChI=1S/C28H28F2N2O/c1-18-4-10-24(11-5-18)31-28(33)32-14-2-3-21(17-32)27-25-12-8-22(29)15-19(25)6-7-20-16-23(30)9-13-26(20)27/h4-5,8-13,15-16,21,27H,2-3,6-7,14,17H2,1H3,(H,31,33). The van der Waals surface area contributed by atoms with Crippen LogP contribution in [-0.4, -0.2) is 24.0 Å². The van der Waals surface area contributed by atoms with E-state index in [2.05, 4.69) is 5.32 Å². The van der Waals surface area contributed by atoms with Gasteiger partial charge in [-0.3, -0.25) is 0 Å². The molecule has 5 rings (SSSR count). The van der Waals surface area contributed by atoms with E-state index in [1.165, 1.54) is 12.1 Å². The number of aryl methyl sites for hydroxylation is 3. The van der Waals surface area contributed by atoms with E-state index >= 15 is 0 Å². The van der Waals surface area contributed by atoms with Gasteiger partial charge in [0.1, 0.15) is 11.6 Å². The first-order valence-corrected chi connectivity index (χ1v) is 11.7. The Morgan fingerprint density at radius 1 is 0.909 bits per heavy atom. The summed E-state index contributed by atoms with van der Waals surface area (Å²) >= 11 is 0. The number of benzene rings is 3. The molecule has 0 saturated carbocycles. The van der Waals surface area contributed by atoms with E-state index in [4.69, 9.17) is 0 Å². The van der Waals surface area contributed by atoms with Crippen LogP contribution in [0.4, 0.5) is 19.3 Å². The summed E-state index contributed by atoms with van der Waals surface area (Å²) in [7, 11) is 0. The van der Waals surface area contributed by atoms with Gasteiger partial charge in [0.15, 0.2) is 0 Å². The molecule has 1 aliphatic carbocycles. The first-order chi connectivity index (χ1) is 16.0. The summed E-state index contributed by atoms with van der Waals surface area (Å²) in [4.78, 5) is 14.9. The molecule has 0 aromatic heterocycles. The van der Waals surface area contributed by atoms with Crippen LogP contribution in [0.5, 0.6) is 0 Å². The molecule has 170 valence electrons. The van der Waals surface area contributed by atoms with Crippen molar-refractivity contribution in [3.05, 3.63) is 100 Å². The summed E-state index contributed by atoms with van der Waals surface area (Å²) in [6.45, 7) is 3.32. The SMILES string of the molecule is Cc1ccc(NC(=O)N2CCCC(C3c4ccc(F)cc4CCc4cc(F)ccc43)C2)cc1. The molecule has 5 heteroatoms. The highest BCUT2D eigenvalue weighted by molar-refractivity contribution is 5.89. The summed E-state index contributed by atoms with van der Waals surface area (Å²) in [5, 5.41) is 3.02. The van der Waals surface area contributed by atoms with Gasteiger partial charge in [-0.05, 0) is 97.2 Å². The van der Waals surface area contributed by atoms with Gasteiger partial charge in [0.05, 0.1) is 0 Å². The molecule has 2 amide bonds. The summed E-state index contributed by atoms with van der Waals surface area (Å²) in [5.74, 6) is -0.303. The smallest absolute Gasteiger partial charge is 0.321 e.